The fourth-order valence-corrected chi connectivity index (χ4v) is 2.57. The van der Waals surface area contributed by atoms with E-state index in [2.05, 4.69) is 48.3 Å². The topological polar surface area (TPSA) is 12.9 Å². The average molecular weight is 229 g/mol. The van der Waals surface area contributed by atoms with Crippen molar-refractivity contribution in [3.63, 3.8) is 0 Å². The predicted molar refractivity (Wildman–Crippen MR) is 69.8 cm³/mol. The van der Waals surface area contributed by atoms with E-state index >= 15 is 0 Å². The van der Waals surface area contributed by atoms with E-state index in [-0.39, 0.29) is 0 Å². The molecule has 0 amide bonds. The molecule has 0 fully saturated rings. The SMILES string of the molecule is Cc1ccccc1SCCc1ccncc1. The minimum atomic E-state index is 1.10. The molecule has 0 N–H and O–H groups in total. The summed E-state index contributed by atoms with van der Waals surface area (Å²) in [6.45, 7) is 2.16. The maximum absolute atomic E-state index is 4.02. The number of pyridine rings is 1. The fraction of sp³-hybridized carbons (Fsp3) is 0.214. The first kappa shape index (κ1) is 11.2. The molecule has 0 atom stereocenters. The van der Waals surface area contributed by atoms with Crippen LogP contribution in [-0.4, -0.2) is 10.7 Å². The monoisotopic (exact) mass is 229 g/mol. The predicted octanol–water partition coefficient (Wildman–Crippen LogP) is 3.72. The molecule has 0 radical (unpaired) electrons. The van der Waals surface area contributed by atoms with Crippen LogP contribution in [0.3, 0.4) is 0 Å². The maximum Gasteiger partial charge on any atom is 0.0270 e. The summed E-state index contributed by atoms with van der Waals surface area (Å²) in [5.41, 5.74) is 2.72. The minimum Gasteiger partial charge on any atom is -0.265 e. The Morgan fingerprint density at radius 3 is 2.56 bits per heavy atom. The third-order valence-corrected chi connectivity index (χ3v) is 3.67. The van der Waals surface area contributed by atoms with Crippen molar-refractivity contribution in [3.8, 4) is 0 Å². The van der Waals surface area contributed by atoms with Crippen LogP contribution >= 0.6 is 11.8 Å². The number of aromatic nitrogens is 1. The Morgan fingerprint density at radius 1 is 1.06 bits per heavy atom. The summed E-state index contributed by atoms with van der Waals surface area (Å²) >= 11 is 1.92. The summed E-state index contributed by atoms with van der Waals surface area (Å²) in [6.07, 6.45) is 4.81. The summed E-state index contributed by atoms with van der Waals surface area (Å²) in [6, 6.07) is 12.7. The molecule has 0 aliphatic carbocycles. The lowest BCUT2D eigenvalue weighted by Gasteiger charge is -2.04. The summed E-state index contributed by atoms with van der Waals surface area (Å²) in [7, 11) is 0. The van der Waals surface area contributed by atoms with Crippen molar-refractivity contribution >= 4 is 11.8 Å². The summed E-state index contributed by atoms with van der Waals surface area (Å²) in [5, 5.41) is 0. The van der Waals surface area contributed by atoms with Crippen LogP contribution in [-0.2, 0) is 6.42 Å². The van der Waals surface area contributed by atoms with E-state index < -0.39 is 0 Å². The van der Waals surface area contributed by atoms with Gasteiger partial charge in [-0.15, -0.1) is 11.8 Å². The van der Waals surface area contributed by atoms with E-state index in [1.807, 2.05) is 24.2 Å². The molecule has 2 aromatic rings. The van der Waals surface area contributed by atoms with Crippen LogP contribution in [0.2, 0.25) is 0 Å². The zero-order valence-electron chi connectivity index (χ0n) is 9.39. The lowest BCUT2D eigenvalue weighted by atomic mass is 10.2. The highest BCUT2D eigenvalue weighted by Crippen LogP contribution is 2.22. The summed E-state index contributed by atoms with van der Waals surface area (Å²) in [4.78, 5) is 5.40. The number of aryl methyl sites for hydroxylation is 2. The molecular formula is C14H15NS. The van der Waals surface area contributed by atoms with Gasteiger partial charge in [-0.1, -0.05) is 18.2 Å². The number of hydrogen-bond donors (Lipinski definition) is 0. The summed E-state index contributed by atoms with van der Waals surface area (Å²) in [5.74, 6) is 1.12. The van der Waals surface area contributed by atoms with Gasteiger partial charge in [-0.05, 0) is 42.7 Å². The standard InChI is InChI=1S/C14H15NS/c1-12-4-2-3-5-14(12)16-11-8-13-6-9-15-10-7-13/h2-7,9-10H,8,11H2,1H3. The number of hydrogen-bond acceptors (Lipinski definition) is 2. The molecule has 16 heavy (non-hydrogen) atoms. The third kappa shape index (κ3) is 3.11. The van der Waals surface area contributed by atoms with E-state index in [9.17, 15) is 0 Å². The Labute approximate surface area is 101 Å². The summed E-state index contributed by atoms with van der Waals surface area (Å²) < 4.78 is 0. The lowest BCUT2D eigenvalue weighted by molar-refractivity contribution is 1.13. The normalized spacial score (nSPS) is 10.3. The Bertz CT molecular complexity index is 439. The van der Waals surface area contributed by atoms with Gasteiger partial charge in [-0.2, -0.15) is 0 Å². The fourth-order valence-electron chi connectivity index (χ4n) is 1.55. The minimum absolute atomic E-state index is 1.10. The Hall–Kier alpha value is -1.28. The van der Waals surface area contributed by atoms with Gasteiger partial charge in [0, 0.05) is 23.0 Å². The van der Waals surface area contributed by atoms with Crippen molar-refractivity contribution in [1.29, 1.82) is 0 Å². The van der Waals surface area contributed by atoms with E-state index in [0.717, 1.165) is 12.2 Å². The van der Waals surface area contributed by atoms with Crippen molar-refractivity contribution in [2.24, 2.45) is 0 Å². The van der Waals surface area contributed by atoms with Gasteiger partial charge in [-0.3, -0.25) is 4.98 Å². The van der Waals surface area contributed by atoms with Gasteiger partial charge in [0.2, 0.25) is 0 Å². The highest BCUT2D eigenvalue weighted by atomic mass is 32.2. The Morgan fingerprint density at radius 2 is 1.81 bits per heavy atom. The number of thioether (sulfide) groups is 1. The Balaban J connectivity index is 1.87. The molecule has 1 aromatic heterocycles. The van der Waals surface area contributed by atoms with Gasteiger partial charge >= 0.3 is 0 Å². The molecule has 0 unspecified atom stereocenters. The molecule has 0 saturated carbocycles. The van der Waals surface area contributed by atoms with Crippen LogP contribution in [0.1, 0.15) is 11.1 Å². The van der Waals surface area contributed by atoms with E-state index in [0.29, 0.717) is 0 Å². The zero-order valence-corrected chi connectivity index (χ0v) is 10.2. The number of rotatable bonds is 4. The first-order valence-electron chi connectivity index (χ1n) is 5.43. The second-order valence-corrected chi connectivity index (χ2v) is 4.86. The van der Waals surface area contributed by atoms with Crippen molar-refractivity contribution in [2.45, 2.75) is 18.2 Å². The van der Waals surface area contributed by atoms with Gasteiger partial charge in [0.25, 0.3) is 0 Å². The van der Waals surface area contributed by atoms with E-state index in [1.54, 1.807) is 0 Å². The van der Waals surface area contributed by atoms with Crippen LogP contribution in [0.5, 0.6) is 0 Å². The first-order valence-corrected chi connectivity index (χ1v) is 6.42. The quantitative estimate of drug-likeness (QED) is 0.741. The van der Waals surface area contributed by atoms with Gasteiger partial charge in [-0.25, -0.2) is 0 Å². The number of nitrogens with zero attached hydrogens (tertiary/aromatic N) is 1. The second kappa shape index (κ2) is 5.71. The highest BCUT2D eigenvalue weighted by molar-refractivity contribution is 7.99. The molecule has 0 aliphatic rings. The van der Waals surface area contributed by atoms with Crippen LogP contribution in [0.4, 0.5) is 0 Å². The van der Waals surface area contributed by atoms with Crippen LogP contribution in [0.25, 0.3) is 0 Å². The van der Waals surface area contributed by atoms with Gasteiger partial charge < -0.3 is 0 Å². The molecule has 2 rings (SSSR count). The van der Waals surface area contributed by atoms with E-state index in [4.69, 9.17) is 0 Å². The number of benzene rings is 1. The molecule has 2 heteroatoms. The molecule has 82 valence electrons. The molecule has 0 aliphatic heterocycles. The lowest BCUT2D eigenvalue weighted by Crippen LogP contribution is -1.89. The second-order valence-electron chi connectivity index (χ2n) is 3.72. The molecule has 0 spiro atoms. The van der Waals surface area contributed by atoms with Crippen LogP contribution in [0, 0.1) is 6.92 Å². The molecule has 1 aromatic carbocycles. The Kier molecular flexibility index (Phi) is 4.00. The third-order valence-electron chi connectivity index (χ3n) is 2.49. The van der Waals surface area contributed by atoms with Crippen molar-refractivity contribution in [3.05, 3.63) is 59.9 Å². The van der Waals surface area contributed by atoms with Crippen LogP contribution < -0.4 is 0 Å². The molecular weight excluding hydrogens is 214 g/mol. The maximum atomic E-state index is 4.02. The largest absolute Gasteiger partial charge is 0.265 e. The molecule has 0 saturated heterocycles. The van der Waals surface area contributed by atoms with Gasteiger partial charge in [0.05, 0.1) is 0 Å². The molecule has 0 bridgehead atoms. The molecule has 1 nitrogen and oxygen atoms in total. The van der Waals surface area contributed by atoms with E-state index in [1.165, 1.54) is 16.0 Å². The van der Waals surface area contributed by atoms with Crippen molar-refractivity contribution in [1.82, 2.24) is 4.98 Å². The zero-order chi connectivity index (χ0) is 11.2. The first-order chi connectivity index (χ1) is 7.86. The van der Waals surface area contributed by atoms with Gasteiger partial charge in [0.1, 0.15) is 0 Å². The van der Waals surface area contributed by atoms with Gasteiger partial charge in [0.15, 0.2) is 0 Å². The van der Waals surface area contributed by atoms with Crippen molar-refractivity contribution in [2.75, 3.05) is 5.75 Å². The van der Waals surface area contributed by atoms with Crippen LogP contribution in [0.15, 0.2) is 53.7 Å². The van der Waals surface area contributed by atoms with Crippen molar-refractivity contribution < 1.29 is 0 Å². The smallest absolute Gasteiger partial charge is 0.0270 e. The average Bonchev–Trinajstić information content (AvgIpc) is 2.33. The highest BCUT2D eigenvalue weighted by Gasteiger charge is 1.98. The molecule has 1 heterocycles.